The molecule has 1 atom stereocenters. The van der Waals surface area contributed by atoms with Crippen molar-refractivity contribution >= 4 is 11.6 Å². The summed E-state index contributed by atoms with van der Waals surface area (Å²) in [5.41, 5.74) is 4.05. The first-order valence-corrected chi connectivity index (χ1v) is 7.52. The zero-order valence-electron chi connectivity index (χ0n) is 13.2. The van der Waals surface area contributed by atoms with Crippen LogP contribution in [0.5, 0.6) is 0 Å². The highest BCUT2D eigenvalue weighted by molar-refractivity contribution is 5.93. The highest BCUT2D eigenvalue weighted by Gasteiger charge is 2.15. The molecule has 3 rings (SSSR count). The number of amides is 1. The van der Waals surface area contributed by atoms with Gasteiger partial charge in [0.2, 0.25) is 0 Å². The minimum Gasteiger partial charge on any atom is -0.387 e. The molecule has 0 saturated carbocycles. The fourth-order valence-corrected chi connectivity index (χ4v) is 2.61. The summed E-state index contributed by atoms with van der Waals surface area (Å²) in [5, 5.41) is 13.0. The summed E-state index contributed by atoms with van der Waals surface area (Å²) in [5.74, 6) is -0.254. The van der Waals surface area contributed by atoms with Crippen LogP contribution in [-0.4, -0.2) is 26.9 Å². The van der Waals surface area contributed by atoms with Gasteiger partial charge in [-0.3, -0.25) is 9.20 Å². The molecule has 1 aromatic carbocycles. The van der Waals surface area contributed by atoms with Gasteiger partial charge in [-0.25, -0.2) is 4.98 Å². The average Bonchev–Trinajstić information content (AvgIpc) is 2.95. The van der Waals surface area contributed by atoms with Crippen LogP contribution in [0.3, 0.4) is 0 Å². The van der Waals surface area contributed by atoms with E-state index in [1.165, 1.54) is 0 Å². The topological polar surface area (TPSA) is 66.6 Å². The molecule has 5 nitrogen and oxygen atoms in total. The Morgan fingerprint density at radius 3 is 2.83 bits per heavy atom. The van der Waals surface area contributed by atoms with Gasteiger partial charge in [0.1, 0.15) is 11.3 Å². The van der Waals surface area contributed by atoms with Gasteiger partial charge in [-0.05, 0) is 36.6 Å². The normalized spacial score (nSPS) is 12.3. The van der Waals surface area contributed by atoms with Crippen molar-refractivity contribution in [2.24, 2.45) is 0 Å². The van der Waals surface area contributed by atoms with E-state index in [4.69, 9.17) is 0 Å². The van der Waals surface area contributed by atoms with Gasteiger partial charge >= 0.3 is 0 Å². The largest absolute Gasteiger partial charge is 0.387 e. The fraction of sp³-hybridized carbons (Fsp3) is 0.222. The first-order valence-electron chi connectivity index (χ1n) is 7.52. The van der Waals surface area contributed by atoms with Gasteiger partial charge < -0.3 is 10.4 Å². The van der Waals surface area contributed by atoms with E-state index in [2.05, 4.69) is 10.3 Å². The maximum Gasteiger partial charge on any atom is 0.270 e. The third kappa shape index (κ3) is 3.10. The molecule has 2 N–H and O–H groups in total. The second-order valence-electron chi connectivity index (χ2n) is 5.66. The van der Waals surface area contributed by atoms with E-state index in [1.807, 2.05) is 56.4 Å². The standard InChI is InChI=1S/C18H19N3O2/c1-12-7-8-17-19-9-15(21(17)11-12)18(23)20-10-16(22)14-6-4-3-5-13(14)2/h3-9,11,16,22H,10H2,1-2H3,(H,20,23). The van der Waals surface area contributed by atoms with Gasteiger partial charge in [0.05, 0.1) is 12.3 Å². The van der Waals surface area contributed by atoms with Crippen molar-refractivity contribution in [3.05, 3.63) is 71.2 Å². The third-order valence-electron chi connectivity index (χ3n) is 3.89. The Morgan fingerprint density at radius 2 is 2.04 bits per heavy atom. The molecule has 23 heavy (non-hydrogen) atoms. The molecule has 0 bridgehead atoms. The molecule has 0 radical (unpaired) electrons. The van der Waals surface area contributed by atoms with Crippen LogP contribution in [0.1, 0.15) is 33.3 Å². The number of nitrogens with zero attached hydrogens (tertiary/aromatic N) is 2. The number of hydrogen-bond acceptors (Lipinski definition) is 3. The number of aromatic nitrogens is 2. The first kappa shape index (κ1) is 15.2. The van der Waals surface area contributed by atoms with Gasteiger partial charge in [-0.2, -0.15) is 0 Å². The predicted molar refractivity (Wildman–Crippen MR) is 88.4 cm³/mol. The van der Waals surface area contributed by atoms with Crippen molar-refractivity contribution in [3.63, 3.8) is 0 Å². The Bertz CT molecular complexity index is 854. The van der Waals surface area contributed by atoms with Gasteiger partial charge in [-0.1, -0.05) is 30.3 Å². The van der Waals surface area contributed by atoms with Gasteiger partial charge in [0, 0.05) is 12.7 Å². The molecule has 2 aromatic heterocycles. The second kappa shape index (κ2) is 6.22. The molecule has 118 valence electrons. The molecule has 0 fully saturated rings. The van der Waals surface area contributed by atoms with E-state index in [9.17, 15) is 9.90 Å². The molecule has 5 heteroatoms. The first-order chi connectivity index (χ1) is 11.1. The lowest BCUT2D eigenvalue weighted by molar-refractivity contribution is 0.0910. The van der Waals surface area contributed by atoms with E-state index >= 15 is 0 Å². The number of nitrogens with one attached hydrogen (secondary N) is 1. The minimum atomic E-state index is -0.735. The summed E-state index contributed by atoms with van der Waals surface area (Å²) < 4.78 is 1.75. The van der Waals surface area contributed by atoms with Crippen molar-refractivity contribution < 1.29 is 9.90 Å². The molecule has 0 aliphatic heterocycles. The van der Waals surface area contributed by atoms with E-state index < -0.39 is 6.10 Å². The van der Waals surface area contributed by atoms with Crippen LogP contribution in [0, 0.1) is 13.8 Å². The van der Waals surface area contributed by atoms with Crippen LogP contribution < -0.4 is 5.32 Å². The molecule has 0 aliphatic carbocycles. The van der Waals surface area contributed by atoms with Gasteiger partial charge in [-0.15, -0.1) is 0 Å². The molecule has 1 amide bonds. The zero-order valence-corrected chi connectivity index (χ0v) is 13.2. The molecule has 2 heterocycles. The SMILES string of the molecule is Cc1ccc2ncc(C(=O)NCC(O)c3ccccc3C)n2c1. The third-order valence-corrected chi connectivity index (χ3v) is 3.89. The molecular weight excluding hydrogens is 290 g/mol. The molecule has 3 aromatic rings. The Balaban J connectivity index is 1.74. The number of benzene rings is 1. The Hall–Kier alpha value is -2.66. The predicted octanol–water partition coefficient (Wildman–Crippen LogP) is 2.41. The zero-order chi connectivity index (χ0) is 16.4. The summed E-state index contributed by atoms with van der Waals surface area (Å²) in [6, 6.07) is 11.4. The highest BCUT2D eigenvalue weighted by Crippen LogP contribution is 2.16. The van der Waals surface area contributed by atoms with Crippen LogP contribution in [0.15, 0.2) is 48.8 Å². The summed E-state index contributed by atoms with van der Waals surface area (Å²) in [6.07, 6.45) is 2.68. The monoisotopic (exact) mass is 309 g/mol. The lowest BCUT2D eigenvalue weighted by Gasteiger charge is -2.14. The van der Waals surface area contributed by atoms with Crippen molar-refractivity contribution in [2.45, 2.75) is 20.0 Å². The maximum absolute atomic E-state index is 12.4. The fourth-order valence-electron chi connectivity index (χ4n) is 2.61. The number of fused-ring (bicyclic) bond motifs is 1. The van der Waals surface area contributed by atoms with Crippen molar-refractivity contribution in [2.75, 3.05) is 6.54 Å². The van der Waals surface area contributed by atoms with Crippen LogP contribution in [0.4, 0.5) is 0 Å². The smallest absolute Gasteiger partial charge is 0.270 e. The second-order valence-corrected chi connectivity index (χ2v) is 5.66. The van der Waals surface area contributed by atoms with Crippen LogP contribution >= 0.6 is 0 Å². The minimum absolute atomic E-state index is 0.155. The Kier molecular flexibility index (Phi) is 4.12. The number of aliphatic hydroxyl groups is 1. The summed E-state index contributed by atoms with van der Waals surface area (Å²) >= 11 is 0. The van der Waals surface area contributed by atoms with Gasteiger partial charge in [0.25, 0.3) is 5.91 Å². The Morgan fingerprint density at radius 1 is 1.26 bits per heavy atom. The van der Waals surface area contributed by atoms with Crippen LogP contribution in [-0.2, 0) is 0 Å². The van der Waals surface area contributed by atoms with Crippen LogP contribution in [0.25, 0.3) is 5.65 Å². The van der Waals surface area contributed by atoms with E-state index in [1.54, 1.807) is 10.6 Å². The van der Waals surface area contributed by atoms with Gasteiger partial charge in [0.15, 0.2) is 0 Å². The molecule has 1 unspecified atom stereocenters. The number of aryl methyl sites for hydroxylation is 2. The Labute approximate surface area is 134 Å². The number of hydrogen-bond donors (Lipinski definition) is 2. The van der Waals surface area contributed by atoms with E-state index in [0.29, 0.717) is 5.69 Å². The van der Waals surface area contributed by atoms with E-state index in [0.717, 1.165) is 22.3 Å². The molecule has 0 saturated heterocycles. The number of pyridine rings is 1. The number of aliphatic hydroxyl groups excluding tert-OH is 1. The van der Waals surface area contributed by atoms with Crippen LogP contribution in [0.2, 0.25) is 0 Å². The average molecular weight is 309 g/mol. The number of imidazole rings is 1. The number of carbonyl (C=O) groups excluding carboxylic acids is 1. The summed E-state index contributed by atoms with van der Waals surface area (Å²) in [7, 11) is 0. The summed E-state index contributed by atoms with van der Waals surface area (Å²) in [4.78, 5) is 16.6. The quantitative estimate of drug-likeness (QED) is 0.778. The molecular formula is C18H19N3O2. The van der Waals surface area contributed by atoms with Crippen molar-refractivity contribution in [1.82, 2.24) is 14.7 Å². The lowest BCUT2D eigenvalue weighted by Crippen LogP contribution is -2.29. The molecule has 0 spiro atoms. The number of carbonyl (C=O) groups is 1. The maximum atomic E-state index is 12.4. The molecule has 0 aliphatic rings. The highest BCUT2D eigenvalue weighted by atomic mass is 16.3. The summed E-state index contributed by atoms with van der Waals surface area (Å²) in [6.45, 7) is 4.05. The van der Waals surface area contributed by atoms with E-state index in [-0.39, 0.29) is 12.5 Å². The van der Waals surface area contributed by atoms with Crippen molar-refractivity contribution in [1.29, 1.82) is 0 Å². The number of rotatable bonds is 4. The lowest BCUT2D eigenvalue weighted by atomic mass is 10.0. The van der Waals surface area contributed by atoms with Crippen molar-refractivity contribution in [3.8, 4) is 0 Å².